The maximum atomic E-state index is 8.63. The van der Waals surface area contributed by atoms with Gasteiger partial charge in [-0.3, -0.25) is 0 Å². The third-order valence-electron chi connectivity index (χ3n) is 0.594. The SMILES string of the molecule is CP(O)(O)(O)NCCO. The maximum absolute atomic E-state index is 8.63. The van der Waals surface area contributed by atoms with E-state index >= 15 is 0 Å². The third kappa shape index (κ3) is 8.23. The van der Waals surface area contributed by atoms with Crippen LogP contribution >= 0.6 is 7.43 Å². The normalized spacial score (nSPS) is 16.8. The molecule has 0 bridgehead atoms. The van der Waals surface area contributed by atoms with Crippen molar-refractivity contribution >= 4 is 7.43 Å². The summed E-state index contributed by atoms with van der Waals surface area (Å²) in [6, 6.07) is 0. The van der Waals surface area contributed by atoms with E-state index in [4.69, 9.17) is 19.8 Å². The van der Waals surface area contributed by atoms with Gasteiger partial charge in [-0.1, -0.05) is 0 Å². The number of nitrogens with one attached hydrogen (secondary N) is 1. The molecule has 0 rings (SSSR count). The van der Waals surface area contributed by atoms with Crippen molar-refractivity contribution < 1.29 is 19.8 Å². The van der Waals surface area contributed by atoms with E-state index in [-0.39, 0.29) is 13.2 Å². The molecule has 9 heavy (non-hydrogen) atoms. The van der Waals surface area contributed by atoms with Crippen molar-refractivity contribution in [1.82, 2.24) is 5.09 Å². The predicted molar refractivity (Wildman–Crippen MR) is 34.6 cm³/mol. The van der Waals surface area contributed by atoms with E-state index in [2.05, 4.69) is 0 Å². The van der Waals surface area contributed by atoms with Crippen LogP contribution in [0, 0.1) is 0 Å². The number of rotatable bonds is 3. The first-order valence-corrected chi connectivity index (χ1v) is 4.98. The van der Waals surface area contributed by atoms with Crippen LogP contribution in [0.4, 0.5) is 0 Å². The van der Waals surface area contributed by atoms with Gasteiger partial charge in [0.05, 0.1) is 0 Å². The predicted octanol–water partition coefficient (Wildman–Crippen LogP) is -1.61. The molecule has 5 nitrogen and oxygen atoms in total. The molecule has 0 aliphatic rings. The molecule has 0 saturated heterocycles. The molecule has 0 aromatic rings. The van der Waals surface area contributed by atoms with Crippen LogP contribution in [-0.2, 0) is 0 Å². The molecular formula is C3H12NO4P. The zero-order valence-electron chi connectivity index (χ0n) is 5.15. The van der Waals surface area contributed by atoms with Crippen molar-refractivity contribution in [1.29, 1.82) is 0 Å². The summed E-state index contributed by atoms with van der Waals surface area (Å²) in [5.41, 5.74) is 0. The van der Waals surface area contributed by atoms with Gasteiger partial charge in [0.15, 0.2) is 0 Å². The van der Waals surface area contributed by atoms with Crippen molar-refractivity contribution in [2.75, 3.05) is 19.8 Å². The monoisotopic (exact) mass is 157 g/mol. The quantitative estimate of drug-likeness (QED) is 0.318. The van der Waals surface area contributed by atoms with Crippen LogP contribution in [0.25, 0.3) is 0 Å². The second-order valence-electron chi connectivity index (χ2n) is 2.02. The second-order valence-corrected chi connectivity index (χ2v) is 5.12. The minimum absolute atomic E-state index is 0.0299. The van der Waals surface area contributed by atoms with Crippen LogP contribution in [0.3, 0.4) is 0 Å². The third-order valence-corrected chi connectivity index (χ3v) is 1.56. The van der Waals surface area contributed by atoms with Gasteiger partial charge in [0.1, 0.15) is 0 Å². The van der Waals surface area contributed by atoms with E-state index in [9.17, 15) is 0 Å². The Labute approximate surface area is 53.2 Å². The molecule has 58 valence electrons. The summed E-state index contributed by atoms with van der Waals surface area (Å²) < 4.78 is 0. The first-order chi connectivity index (χ1) is 3.81. The summed E-state index contributed by atoms with van der Waals surface area (Å²) in [7, 11) is -4.54. The number of aliphatic hydroxyl groups excluding tert-OH is 1. The van der Waals surface area contributed by atoms with E-state index < -0.39 is 7.43 Å². The Bertz CT molecular complexity index is 88.5. The molecule has 0 aromatic heterocycles. The van der Waals surface area contributed by atoms with Crippen LogP contribution in [0.15, 0.2) is 0 Å². The standard InChI is InChI=1S/C3H12NO4P/c1-9(6,7,8)4-2-3-5/h4-8H,2-3H2,1H3. The van der Waals surface area contributed by atoms with Gasteiger partial charge in [0, 0.05) is 0 Å². The summed E-state index contributed by atoms with van der Waals surface area (Å²) in [6.45, 7) is 0.618. The fourth-order valence-corrected chi connectivity index (χ4v) is 0.935. The molecule has 0 fully saturated rings. The summed E-state index contributed by atoms with van der Waals surface area (Å²) in [6.07, 6.45) is 0. The Kier molecular flexibility index (Phi) is 2.52. The Morgan fingerprint density at radius 1 is 1.33 bits per heavy atom. The number of hydrogen-bond donors (Lipinski definition) is 5. The van der Waals surface area contributed by atoms with Gasteiger partial charge >= 0.3 is 52.1 Å². The van der Waals surface area contributed by atoms with Crippen LogP contribution in [0.1, 0.15) is 0 Å². The summed E-state index contributed by atoms with van der Waals surface area (Å²) in [5, 5.41) is 10.2. The molecule has 0 aromatic carbocycles. The van der Waals surface area contributed by atoms with Crippen molar-refractivity contribution in [2.24, 2.45) is 0 Å². The van der Waals surface area contributed by atoms with Gasteiger partial charge in [-0.25, -0.2) is 0 Å². The van der Waals surface area contributed by atoms with Gasteiger partial charge in [0.2, 0.25) is 0 Å². The topological polar surface area (TPSA) is 93.0 Å². The average Bonchev–Trinajstić information content (AvgIpc) is 1.57. The van der Waals surface area contributed by atoms with Gasteiger partial charge in [-0.05, 0) is 0 Å². The van der Waals surface area contributed by atoms with Gasteiger partial charge < -0.3 is 0 Å². The molecule has 6 heteroatoms. The molecule has 0 radical (unpaired) electrons. The Morgan fingerprint density at radius 2 is 1.78 bits per heavy atom. The fourth-order valence-electron chi connectivity index (χ4n) is 0.312. The van der Waals surface area contributed by atoms with Crippen molar-refractivity contribution in [3.8, 4) is 0 Å². The van der Waals surface area contributed by atoms with Gasteiger partial charge in [-0.2, -0.15) is 0 Å². The van der Waals surface area contributed by atoms with Crippen molar-refractivity contribution in [2.45, 2.75) is 0 Å². The van der Waals surface area contributed by atoms with Crippen molar-refractivity contribution in [3.63, 3.8) is 0 Å². The van der Waals surface area contributed by atoms with Gasteiger partial charge in [-0.15, -0.1) is 0 Å². The Balaban J connectivity index is 3.60. The Hall–Kier alpha value is 0.230. The molecule has 0 spiro atoms. The average molecular weight is 157 g/mol. The molecule has 5 N–H and O–H groups in total. The molecular weight excluding hydrogens is 145 g/mol. The minimum atomic E-state index is -4.54. The van der Waals surface area contributed by atoms with Crippen LogP contribution in [-0.4, -0.2) is 39.6 Å². The van der Waals surface area contributed by atoms with Crippen molar-refractivity contribution in [3.05, 3.63) is 0 Å². The Morgan fingerprint density at radius 3 is 1.89 bits per heavy atom. The summed E-state index contributed by atoms with van der Waals surface area (Å²) >= 11 is 0. The number of aliphatic hydroxyl groups is 1. The molecule has 0 saturated carbocycles. The van der Waals surface area contributed by atoms with E-state index in [0.717, 1.165) is 6.66 Å². The van der Waals surface area contributed by atoms with Crippen LogP contribution < -0.4 is 5.09 Å². The van der Waals surface area contributed by atoms with E-state index in [1.54, 1.807) is 0 Å². The van der Waals surface area contributed by atoms with Gasteiger partial charge in [0.25, 0.3) is 0 Å². The zero-order valence-corrected chi connectivity index (χ0v) is 6.04. The van der Waals surface area contributed by atoms with E-state index in [0.29, 0.717) is 0 Å². The van der Waals surface area contributed by atoms with Crippen LogP contribution in [0.5, 0.6) is 0 Å². The van der Waals surface area contributed by atoms with E-state index in [1.807, 2.05) is 5.09 Å². The molecule has 0 aliphatic heterocycles. The zero-order chi connectivity index (χ0) is 7.57. The summed E-state index contributed by atoms with van der Waals surface area (Å²) in [5.74, 6) is 0. The first-order valence-electron chi connectivity index (χ1n) is 2.44. The summed E-state index contributed by atoms with van der Waals surface area (Å²) in [4.78, 5) is 25.9. The molecule has 0 atom stereocenters. The molecule has 0 amide bonds. The molecule has 0 heterocycles. The van der Waals surface area contributed by atoms with Crippen LogP contribution in [0.2, 0.25) is 0 Å². The number of hydrogen-bond acceptors (Lipinski definition) is 5. The molecule has 0 aliphatic carbocycles. The fraction of sp³-hybridized carbons (Fsp3) is 1.00. The molecule has 0 unspecified atom stereocenters. The van der Waals surface area contributed by atoms with E-state index in [1.165, 1.54) is 0 Å². The second kappa shape index (κ2) is 2.46. The first kappa shape index (κ1) is 9.23.